The van der Waals surface area contributed by atoms with E-state index in [0.717, 1.165) is 21.6 Å². The van der Waals surface area contributed by atoms with Crippen molar-refractivity contribution in [1.82, 2.24) is 5.32 Å². The molecular formula is C26H21ClN2O4. The third-order valence-electron chi connectivity index (χ3n) is 5.37. The first-order valence-corrected chi connectivity index (χ1v) is 10.7. The zero-order valence-corrected chi connectivity index (χ0v) is 18.8. The lowest BCUT2D eigenvalue weighted by Crippen LogP contribution is -2.54. The van der Waals surface area contributed by atoms with Crippen LogP contribution in [0.1, 0.15) is 22.3 Å². The average Bonchev–Trinajstić information content (AvgIpc) is 2.78. The number of nitrogens with zero attached hydrogens (tertiary/aromatic N) is 1. The van der Waals surface area contributed by atoms with Crippen molar-refractivity contribution in [3.05, 3.63) is 99.6 Å². The molecule has 0 saturated carbocycles. The Kier molecular flexibility index (Phi) is 6.29. The molecule has 0 atom stereocenters. The molecule has 4 amide bonds. The van der Waals surface area contributed by atoms with Gasteiger partial charge >= 0.3 is 6.03 Å². The first kappa shape index (κ1) is 22.3. The highest BCUT2D eigenvalue weighted by Gasteiger charge is 2.36. The quantitative estimate of drug-likeness (QED) is 0.419. The van der Waals surface area contributed by atoms with Gasteiger partial charge in [0.2, 0.25) is 0 Å². The SMILES string of the molecule is Cc1ccc(N2C(=O)NC(=O)/C(=C/c3cccc(OCc4ccccc4Cl)c3)C2=O)cc1C. The second-order valence-corrected chi connectivity index (χ2v) is 8.09. The molecule has 1 N–H and O–H groups in total. The average molecular weight is 461 g/mol. The predicted molar refractivity (Wildman–Crippen MR) is 127 cm³/mol. The number of halogens is 1. The minimum Gasteiger partial charge on any atom is -0.489 e. The summed E-state index contributed by atoms with van der Waals surface area (Å²) < 4.78 is 5.82. The molecule has 4 rings (SSSR count). The van der Waals surface area contributed by atoms with Crippen LogP contribution in [-0.4, -0.2) is 17.8 Å². The Morgan fingerprint density at radius 3 is 2.48 bits per heavy atom. The van der Waals surface area contributed by atoms with Gasteiger partial charge in [-0.05, 0) is 66.9 Å². The van der Waals surface area contributed by atoms with Crippen LogP contribution in [0.2, 0.25) is 5.02 Å². The largest absolute Gasteiger partial charge is 0.489 e. The van der Waals surface area contributed by atoms with Crippen molar-refractivity contribution in [2.75, 3.05) is 4.90 Å². The minimum atomic E-state index is -0.776. The van der Waals surface area contributed by atoms with Gasteiger partial charge in [-0.3, -0.25) is 14.9 Å². The number of benzene rings is 3. The minimum absolute atomic E-state index is 0.143. The van der Waals surface area contributed by atoms with E-state index in [1.165, 1.54) is 6.08 Å². The molecule has 3 aromatic rings. The Bertz CT molecular complexity index is 1300. The van der Waals surface area contributed by atoms with Crippen LogP contribution in [0.5, 0.6) is 5.75 Å². The number of hydrogen-bond acceptors (Lipinski definition) is 4. The molecule has 3 aromatic carbocycles. The summed E-state index contributed by atoms with van der Waals surface area (Å²) in [5.41, 5.74) is 3.64. The van der Waals surface area contributed by atoms with E-state index in [2.05, 4.69) is 5.32 Å². The third kappa shape index (κ3) is 4.81. The Morgan fingerprint density at radius 1 is 0.939 bits per heavy atom. The van der Waals surface area contributed by atoms with Crippen LogP contribution in [0.4, 0.5) is 10.5 Å². The predicted octanol–water partition coefficient (Wildman–Crippen LogP) is 5.20. The maximum Gasteiger partial charge on any atom is 0.335 e. The number of urea groups is 1. The molecule has 0 aliphatic carbocycles. The summed E-state index contributed by atoms with van der Waals surface area (Å²) in [4.78, 5) is 39.0. The highest BCUT2D eigenvalue weighted by atomic mass is 35.5. The van der Waals surface area contributed by atoms with Crippen molar-refractivity contribution in [3.63, 3.8) is 0 Å². The van der Waals surface area contributed by atoms with Gasteiger partial charge in [-0.15, -0.1) is 0 Å². The summed E-state index contributed by atoms with van der Waals surface area (Å²) in [6, 6.07) is 18.8. The summed E-state index contributed by atoms with van der Waals surface area (Å²) >= 11 is 6.17. The highest BCUT2D eigenvalue weighted by molar-refractivity contribution is 6.39. The number of rotatable bonds is 5. The lowest BCUT2D eigenvalue weighted by atomic mass is 10.0. The van der Waals surface area contributed by atoms with Gasteiger partial charge < -0.3 is 4.74 Å². The normalized spacial score (nSPS) is 15.1. The molecule has 0 unspecified atom stereocenters. The fourth-order valence-corrected chi connectivity index (χ4v) is 3.58. The second kappa shape index (κ2) is 9.30. The van der Waals surface area contributed by atoms with Crippen LogP contribution in [0.3, 0.4) is 0 Å². The fourth-order valence-electron chi connectivity index (χ4n) is 3.39. The number of ether oxygens (including phenoxy) is 1. The van der Waals surface area contributed by atoms with Gasteiger partial charge in [-0.1, -0.05) is 48.0 Å². The molecule has 1 aliphatic heterocycles. The van der Waals surface area contributed by atoms with Crippen LogP contribution in [0.25, 0.3) is 6.08 Å². The Balaban J connectivity index is 1.59. The number of aryl methyl sites for hydroxylation is 2. The van der Waals surface area contributed by atoms with Crippen molar-refractivity contribution < 1.29 is 19.1 Å². The van der Waals surface area contributed by atoms with E-state index in [1.54, 1.807) is 42.5 Å². The van der Waals surface area contributed by atoms with Crippen LogP contribution < -0.4 is 15.0 Å². The number of hydrogen-bond donors (Lipinski definition) is 1. The van der Waals surface area contributed by atoms with Gasteiger partial charge in [0.25, 0.3) is 11.8 Å². The van der Waals surface area contributed by atoms with Crippen molar-refractivity contribution in [2.45, 2.75) is 20.5 Å². The van der Waals surface area contributed by atoms with E-state index in [1.807, 2.05) is 38.1 Å². The molecule has 0 spiro atoms. The van der Waals surface area contributed by atoms with Crippen LogP contribution in [0, 0.1) is 13.8 Å². The van der Waals surface area contributed by atoms with E-state index < -0.39 is 17.8 Å². The lowest BCUT2D eigenvalue weighted by Gasteiger charge is -2.26. The maximum atomic E-state index is 13.1. The maximum absolute atomic E-state index is 13.1. The number of amides is 4. The summed E-state index contributed by atoms with van der Waals surface area (Å²) in [6.45, 7) is 4.10. The van der Waals surface area contributed by atoms with Gasteiger partial charge in [-0.25, -0.2) is 9.69 Å². The lowest BCUT2D eigenvalue weighted by molar-refractivity contribution is -0.122. The summed E-state index contributed by atoms with van der Waals surface area (Å²) in [5.74, 6) is -0.878. The van der Waals surface area contributed by atoms with E-state index >= 15 is 0 Å². The molecule has 0 bridgehead atoms. The zero-order chi connectivity index (χ0) is 23.5. The molecule has 1 heterocycles. The Morgan fingerprint density at radius 2 is 1.73 bits per heavy atom. The molecule has 1 fully saturated rings. The van der Waals surface area contributed by atoms with Crippen molar-refractivity contribution >= 4 is 41.2 Å². The van der Waals surface area contributed by atoms with E-state index in [9.17, 15) is 14.4 Å². The first-order valence-electron chi connectivity index (χ1n) is 10.3. The second-order valence-electron chi connectivity index (χ2n) is 7.68. The molecule has 7 heteroatoms. The van der Waals surface area contributed by atoms with Crippen molar-refractivity contribution in [1.29, 1.82) is 0 Å². The molecular weight excluding hydrogens is 440 g/mol. The molecule has 0 radical (unpaired) electrons. The number of carbonyl (C=O) groups is 3. The van der Waals surface area contributed by atoms with E-state index in [4.69, 9.17) is 16.3 Å². The van der Waals surface area contributed by atoms with Gasteiger partial charge in [0, 0.05) is 10.6 Å². The smallest absolute Gasteiger partial charge is 0.335 e. The molecule has 6 nitrogen and oxygen atoms in total. The molecule has 1 saturated heterocycles. The van der Waals surface area contributed by atoms with Gasteiger partial charge in [0.05, 0.1) is 5.69 Å². The summed E-state index contributed by atoms with van der Waals surface area (Å²) in [5, 5.41) is 2.85. The van der Waals surface area contributed by atoms with Gasteiger partial charge in [-0.2, -0.15) is 0 Å². The van der Waals surface area contributed by atoms with E-state index in [-0.39, 0.29) is 12.2 Å². The molecule has 1 aliphatic rings. The number of imide groups is 2. The van der Waals surface area contributed by atoms with Crippen LogP contribution in [0.15, 0.2) is 72.3 Å². The third-order valence-corrected chi connectivity index (χ3v) is 5.74. The van der Waals surface area contributed by atoms with Gasteiger partial charge in [0.1, 0.15) is 17.9 Å². The fraction of sp³-hybridized carbons (Fsp3) is 0.115. The number of anilines is 1. The topological polar surface area (TPSA) is 75.7 Å². The zero-order valence-electron chi connectivity index (χ0n) is 18.1. The van der Waals surface area contributed by atoms with E-state index in [0.29, 0.717) is 22.0 Å². The number of carbonyl (C=O) groups excluding carboxylic acids is 3. The van der Waals surface area contributed by atoms with Crippen molar-refractivity contribution in [3.8, 4) is 5.75 Å². The molecule has 33 heavy (non-hydrogen) atoms. The molecule has 166 valence electrons. The Labute approximate surface area is 196 Å². The standard InChI is InChI=1S/C26H21ClN2O4/c1-16-10-11-20(12-17(16)2)29-25(31)22(24(30)28-26(29)32)14-18-6-5-8-21(13-18)33-15-19-7-3-4-9-23(19)27/h3-14H,15H2,1-2H3,(H,28,30,32)/b22-14-. The van der Waals surface area contributed by atoms with Gasteiger partial charge in [0.15, 0.2) is 0 Å². The number of nitrogens with one attached hydrogen (secondary N) is 1. The van der Waals surface area contributed by atoms with Crippen LogP contribution in [-0.2, 0) is 16.2 Å². The Hall–Kier alpha value is -3.90. The first-order chi connectivity index (χ1) is 15.8. The van der Waals surface area contributed by atoms with Crippen LogP contribution >= 0.6 is 11.6 Å². The summed E-state index contributed by atoms with van der Waals surface area (Å²) in [6.07, 6.45) is 1.44. The summed E-state index contributed by atoms with van der Waals surface area (Å²) in [7, 11) is 0. The monoisotopic (exact) mass is 460 g/mol. The highest BCUT2D eigenvalue weighted by Crippen LogP contribution is 2.25. The molecule has 0 aromatic heterocycles. The number of barbiturate groups is 1. The van der Waals surface area contributed by atoms with Crippen molar-refractivity contribution in [2.24, 2.45) is 0 Å².